The van der Waals surface area contributed by atoms with E-state index in [0.29, 0.717) is 63.1 Å². The van der Waals surface area contributed by atoms with Crippen molar-refractivity contribution >= 4 is 18.7 Å². The van der Waals surface area contributed by atoms with Crippen LogP contribution < -0.4 is 4.74 Å². The van der Waals surface area contributed by atoms with E-state index in [1.54, 1.807) is 43.8 Å². The minimum atomic E-state index is 0.390. The molecular weight excluding hydrogens is 360 g/mol. The fraction of sp³-hybridized carbons (Fsp3) is 0.350. The summed E-state index contributed by atoms with van der Waals surface area (Å²) in [4.78, 5) is 27.5. The number of nitrogens with zero attached hydrogens (tertiary/aromatic N) is 4. The second-order valence-electron chi connectivity index (χ2n) is 5.51. The predicted molar refractivity (Wildman–Crippen MR) is 107 cm³/mol. The number of ether oxygens (including phenoxy) is 3. The fourth-order valence-corrected chi connectivity index (χ4v) is 2.10. The summed E-state index contributed by atoms with van der Waals surface area (Å²) in [5, 5.41) is 0. The number of rotatable bonds is 13. The summed E-state index contributed by atoms with van der Waals surface area (Å²) in [6.45, 7) is 3.07. The molecule has 0 fully saturated rings. The number of pyridine rings is 2. The van der Waals surface area contributed by atoms with E-state index in [4.69, 9.17) is 14.2 Å². The van der Waals surface area contributed by atoms with Crippen LogP contribution in [0.2, 0.25) is 0 Å². The van der Waals surface area contributed by atoms with Crippen LogP contribution in [-0.2, 0) is 9.47 Å². The molecule has 0 unspecified atom stereocenters. The Kier molecular flexibility index (Phi) is 10.1. The third kappa shape index (κ3) is 8.61. The Balaban J connectivity index is 1.47. The molecule has 0 radical (unpaired) electrons. The van der Waals surface area contributed by atoms with Crippen LogP contribution in [0.1, 0.15) is 21.9 Å². The third-order valence-corrected chi connectivity index (χ3v) is 3.42. The van der Waals surface area contributed by atoms with Gasteiger partial charge in [0.25, 0.3) is 0 Å². The van der Waals surface area contributed by atoms with Crippen molar-refractivity contribution in [2.75, 3.05) is 46.6 Å². The molecule has 2 aromatic heterocycles. The van der Waals surface area contributed by atoms with E-state index in [9.17, 15) is 4.79 Å². The summed E-state index contributed by atoms with van der Waals surface area (Å²) < 4.78 is 16.0. The lowest BCUT2D eigenvalue weighted by molar-refractivity contribution is 0.0541. The van der Waals surface area contributed by atoms with E-state index in [1.807, 2.05) is 12.1 Å². The van der Waals surface area contributed by atoms with Gasteiger partial charge in [0.1, 0.15) is 5.69 Å². The summed E-state index contributed by atoms with van der Waals surface area (Å²) in [6.07, 6.45) is 4.03. The Morgan fingerprint density at radius 3 is 2.00 bits per heavy atom. The molecule has 8 nitrogen and oxygen atoms in total. The van der Waals surface area contributed by atoms with Crippen molar-refractivity contribution in [2.45, 2.75) is 0 Å². The molecule has 0 aliphatic rings. The number of hydrogen-bond donors (Lipinski definition) is 0. The van der Waals surface area contributed by atoms with Crippen LogP contribution in [0.4, 0.5) is 0 Å². The van der Waals surface area contributed by atoms with Crippen LogP contribution in [0.25, 0.3) is 0 Å². The molecule has 0 saturated carbocycles. The number of aliphatic imine (C=N–C) groups is 2. The van der Waals surface area contributed by atoms with Crippen molar-refractivity contribution in [1.82, 2.24) is 9.97 Å². The lowest BCUT2D eigenvalue weighted by Gasteiger charge is -2.03. The SMILES string of the molecule is COc1cccc(C=NCCOCCOCCN=Cc2cccc(C=O)n2)n1. The van der Waals surface area contributed by atoms with Gasteiger partial charge < -0.3 is 14.2 Å². The quantitative estimate of drug-likeness (QED) is 0.297. The molecule has 0 atom stereocenters. The first-order valence-electron chi connectivity index (χ1n) is 8.90. The normalized spacial score (nSPS) is 11.3. The topological polar surface area (TPSA) is 95.3 Å². The van der Waals surface area contributed by atoms with Crippen molar-refractivity contribution < 1.29 is 19.0 Å². The van der Waals surface area contributed by atoms with Crippen molar-refractivity contribution in [3.8, 4) is 5.88 Å². The van der Waals surface area contributed by atoms with Gasteiger partial charge in [-0.1, -0.05) is 12.1 Å². The summed E-state index contributed by atoms with van der Waals surface area (Å²) in [5.74, 6) is 0.562. The molecule has 2 aromatic rings. The lowest BCUT2D eigenvalue weighted by Crippen LogP contribution is -2.09. The highest BCUT2D eigenvalue weighted by Crippen LogP contribution is 2.04. The molecule has 0 amide bonds. The molecule has 8 heteroatoms. The number of carbonyl (C=O) groups excluding carboxylic acids is 1. The van der Waals surface area contributed by atoms with Crippen LogP contribution in [-0.4, -0.2) is 75.3 Å². The zero-order valence-corrected chi connectivity index (χ0v) is 15.9. The monoisotopic (exact) mass is 384 g/mol. The van der Waals surface area contributed by atoms with Gasteiger partial charge >= 0.3 is 0 Å². The smallest absolute Gasteiger partial charge is 0.213 e. The number of methoxy groups -OCH3 is 1. The fourth-order valence-electron chi connectivity index (χ4n) is 2.10. The van der Waals surface area contributed by atoms with E-state index in [2.05, 4.69) is 20.0 Å². The van der Waals surface area contributed by atoms with Crippen LogP contribution in [0.3, 0.4) is 0 Å². The van der Waals surface area contributed by atoms with Gasteiger partial charge in [0.15, 0.2) is 6.29 Å². The van der Waals surface area contributed by atoms with Gasteiger partial charge in [0, 0.05) is 18.5 Å². The summed E-state index contributed by atoms with van der Waals surface area (Å²) in [7, 11) is 1.58. The molecular formula is C20H24N4O4. The lowest BCUT2D eigenvalue weighted by atomic mass is 10.3. The maximum Gasteiger partial charge on any atom is 0.213 e. The highest BCUT2D eigenvalue weighted by Gasteiger charge is 1.95. The van der Waals surface area contributed by atoms with E-state index >= 15 is 0 Å². The highest BCUT2D eigenvalue weighted by atomic mass is 16.5. The van der Waals surface area contributed by atoms with Crippen molar-refractivity contribution in [1.29, 1.82) is 0 Å². The average molecular weight is 384 g/mol. The van der Waals surface area contributed by atoms with Crippen LogP contribution in [0.5, 0.6) is 5.88 Å². The number of carbonyl (C=O) groups is 1. The predicted octanol–water partition coefficient (Wildman–Crippen LogP) is 1.87. The largest absolute Gasteiger partial charge is 0.481 e. The van der Waals surface area contributed by atoms with E-state index in [1.165, 1.54) is 0 Å². The van der Waals surface area contributed by atoms with Gasteiger partial charge in [-0.2, -0.15) is 0 Å². The molecule has 2 heterocycles. The van der Waals surface area contributed by atoms with Crippen LogP contribution in [0.15, 0.2) is 46.4 Å². The zero-order chi connectivity index (χ0) is 19.9. The van der Waals surface area contributed by atoms with E-state index in [-0.39, 0.29) is 0 Å². The van der Waals surface area contributed by atoms with Crippen molar-refractivity contribution in [3.05, 3.63) is 53.5 Å². The van der Waals surface area contributed by atoms with Crippen molar-refractivity contribution in [3.63, 3.8) is 0 Å². The molecule has 0 saturated heterocycles. The molecule has 2 rings (SSSR count). The minimum absolute atomic E-state index is 0.390. The maximum atomic E-state index is 10.7. The molecule has 0 aliphatic heterocycles. The Morgan fingerprint density at radius 2 is 1.39 bits per heavy atom. The molecule has 148 valence electrons. The third-order valence-electron chi connectivity index (χ3n) is 3.42. The first kappa shape index (κ1) is 21.3. The van der Waals surface area contributed by atoms with Gasteiger partial charge in [0.05, 0.1) is 58.0 Å². The van der Waals surface area contributed by atoms with Gasteiger partial charge in [-0.25, -0.2) is 9.97 Å². The molecule has 0 aromatic carbocycles. The van der Waals surface area contributed by atoms with Crippen LogP contribution >= 0.6 is 0 Å². The number of aromatic nitrogens is 2. The Bertz CT molecular complexity index is 780. The summed E-state index contributed by atoms with van der Waals surface area (Å²) in [6, 6.07) is 10.7. The summed E-state index contributed by atoms with van der Waals surface area (Å²) >= 11 is 0. The minimum Gasteiger partial charge on any atom is -0.481 e. The van der Waals surface area contributed by atoms with Gasteiger partial charge in [-0.15, -0.1) is 0 Å². The molecule has 0 aliphatic carbocycles. The molecule has 28 heavy (non-hydrogen) atoms. The standard InChI is InChI=1S/C20H24N4O4/c1-26-20-7-3-5-18(24-20)15-22-9-11-28-13-12-27-10-8-21-14-17-4-2-6-19(16-25)23-17/h2-7,14-16H,8-13H2,1H3. The molecule has 0 spiro atoms. The second kappa shape index (κ2) is 13.2. The Morgan fingerprint density at radius 1 is 0.821 bits per heavy atom. The van der Waals surface area contributed by atoms with Crippen LogP contribution in [0, 0.1) is 0 Å². The van der Waals surface area contributed by atoms with Gasteiger partial charge in [-0.3, -0.25) is 14.8 Å². The first-order valence-corrected chi connectivity index (χ1v) is 8.90. The van der Waals surface area contributed by atoms with Gasteiger partial charge in [-0.05, 0) is 18.2 Å². The van der Waals surface area contributed by atoms with E-state index < -0.39 is 0 Å². The van der Waals surface area contributed by atoms with E-state index in [0.717, 1.165) is 5.69 Å². The Hall–Kier alpha value is -2.97. The maximum absolute atomic E-state index is 10.7. The van der Waals surface area contributed by atoms with Gasteiger partial charge in [0.2, 0.25) is 5.88 Å². The molecule has 0 bridgehead atoms. The first-order chi connectivity index (χ1) is 13.8. The number of aldehydes is 1. The Labute approximate surface area is 164 Å². The second-order valence-corrected chi connectivity index (χ2v) is 5.51. The zero-order valence-electron chi connectivity index (χ0n) is 15.9. The molecule has 0 N–H and O–H groups in total. The average Bonchev–Trinajstić information content (AvgIpc) is 2.74. The van der Waals surface area contributed by atoms with Crippen molar-refractivity contribution in [2.24, 2.45) is 9.98 Å². The highest BCUT2D eigenvalue weighted by molar-refractivity contribution is 5.79. The summed E-state index contributed by atoms with van der Waals surface area (Å²) in [5.41, 5.74) is 1.79. The number of hydrogen-bond acceptors (Lipinski definition) is 8.